The third kappa shape index (κ3) is 5.56. The minimum absolute atomic E-state index is 0.0322. The highest BCUT2D eigenvalue weighted by atomic mass is 19.2. The van der Waals surface area contributed by atoms with Gasteiger partial charge in [-0.2, -0.15) is 0 Å². The minimum Gasteiger partial charge on any atom is -0.493 e. The zero-order valence-corrected chi connectivity index (χ0v) is 19.0. The molecular formula is C25H22F3N3O5. The van der Waals surface area contributed by atoms with E-state index in [-0.39, 0.29) is 53.9 Å². The van der Waals surface area contributed by atoms with Gasteiger partial charge in [0.05, 0.1) is 23.6 Å². The Kier molecular flexibility index (Phi) is 7.09. The lowest BCUT2D eigenvalue weighted by molar-refractivity contribution is -0.383. The summed E-state index contributed by atoms with van der Waals surface area (Å²) in [6.45, 7) is -0.0897. The molecule has 1 aliphatic carbocycles. The molecule has 1 aliphatic rings. The summed E-state index contributed by atoms with van der Waals surface area (Å²) in [6.07, 6.45) is 3.22. The molecule has 11 heteroatoms. The summed E-state index contributed by atoms with van der Waals surface area (Å²) in [7, 11) is 0. The smallest absolute Gasteiger partial charge is 0.292 e. The number of nitrogens with zero attached hydrogens (tertiary/aromatic N) is 2. The van der Waals surface area contributed by atoms with Gasteiger partial charge in [0.25, 0.3) is 11.2 Å². The molecule has 1 atom stereocenters. The fourth-order valence-electron chi connectivity index (χ4n) is 4.04. The van der Waals surface area contributed by atoms with E-state index in [9.17, 15) is 32.9 Å². The zero-order valence-electron chi connectivity index (χ0n) is 19.0. The number of benzene rings is 2. The summed E-state index contributed by atoms with van der Waals surface area (Å²) in [4.78, 5) is 36.2. The summed E-state index contributed by atoms with van der Waals surface area (Å²) in [5.74, 6) is -4.37. The first-order valence-corrected chi connectivity index (χ1v) is 11.2. The molecule has 2 aromatic carbocycles. The normalized spacial score (nSPS) is 13.9. The van der Waals surface area contributed by atoms with E-state index in [2.05, 4.69) is 0 Å². The van der Waals surface area contributed by atoms with Crippen LogP contribution in [0, 0.1) is 39.4 Å². The van der Waals surface area contributed by atoms with Crippen LogP contribution in [0.3, 0.4) is 0 Å². The highest BCUT2D eigenvalue weighted by Gasteiger charge is 2.34. The number of carbonyl (C=O) groups excluding carboxylic acids is 1. The van der Waals surface area contributed by atoms with Crippen LogP contribution in [0.2, 0.25) is 0 Å². The molecule has 1 fully saturated rings. The van der Waals surface area contributed by atoms with E-state index in [1.807, 2.05) is 0 Å². The number of aromatic nitrogens is 1. The van der Waals surface area contributed by atoms with Crippen molar-refractivity contribution in [2.75, 3.05) is 12.3 Å². The molecule has 0 bridgehead atoms. The van der Waals surface area contributed by atoms with Crippen molar-refractivity contribution >= 4 is 17.2 Å². The second-order valence-corrected chi connectivity index (χ2v) is 8.74. The summed E-state index contributed by atoms with van der Waals surface area (Å²) >= 11 is 0. The molecule has 36 heavy (non-hydrogen) atoms. The van der Waals surface area contributed by atoms with Gasteiger partial charge in [-0.3, -0.25) is 19.7 Å². The number of ether oxygens (including phenoxy) is 1. The molecular weight excluding hydrogens is 479 g/mol. The number of halogens is 3. The molecule has 2 N–H and O–H groups in total. The Bertz CT molecular complexity index is 1360. The molecule has 4 rings (SSSR count). The topological polar surface area (TPSA) is 117 Å². The van der Waals surface area contributed by atoms with Crippen molar-refractivity contribution in [1.29, 1.82) is 0 Å². The van der Waals surface area contributed by atoms with Crippen LogP contribution in [0.1, 0.15) is 35.2 Å². The number of nitro benzene ring substituents is 1. The molecule has 0 spiro atoms. The van der Waals surface area contributed by atoms with Gasteiger partial charge in [0.2, 0.25) is 0 Å². The number of carbonyl (C=O) groups is 1. The Hall–Kier alpha value is -4.15. The number of pyridine rings is 1. The first kappa shape index (κ1) is 25.0. The molecule has 0 amide bonds. The Morgan fingerprint density at radius 3 is 2.47 bits per heavy atom. The maximum Gasteiger partial charge on any atom is 0.292 e. The van der Waals surface area contributed by atoms with Gasteiger partial charge < -0.3 is 15.0 Å². The number of hydrogen-bond acceptors (Lipinski definition) is 6. The number of nitro groups is 1. The van der Waals surface area contributed by atoms with Crippen molar-refractivity contribution in [1.82, 2.24) is 4.57 Å². The van der Waals surface area contributed by atoms with Crippen LogP contribution < -0.4 is 16.0 Å². The predicted octanol–water partition coefficient (Wildman–Crippen LogP) is 4.48. The van der Waals surface area contributed by atoms with E-state index < -0.39 is 33.7 Å². The van der Waals surface area contributed by atoms with E-state index in [1.54, 1.807) is 0 Å². The Labute approximate surface area is 203 Å². The third-order valence-corrected chi connectivity index (χ3v) is 6.11. The largest absolute Gasteiger partial charge is 0.493 e. The van der Waals surface area contributed by atoms with E-state index in [1.165, 1.54) is 36.5 Å². The lowest BCUT2D eigenvalue weighted by Gasteiger charge is -2.17. The molecule has 8 nitrogen and oxygen atoms in total. The van der Waals surface area contributed by atoms with Crippen molar-refractivity contribution in [3.8, 4) is 5.75 Å². The van der Waals surface area contributed by atoms with Gasteiger partial charge in [-0.05, 0) is 54.7 Å². The standard InChI is InChI=1S/C25H22F3N3O5/c26-19-8-14(9-20(27)24(19)28)12-30-7-1-2-18(25(30)33)23(32)10-16(15-3-4-15)13-36-17-5-6-22(31(34)35)21(29)11-17/h1-2,5-9,11,15-16H,3-4,10,12-13,29H2/t16-/m0/s1. The molecule has 1 aromatic heterocycles. The van der Waals surface area contributed by atoms with Crippen LogP contribution >= 0.6 is 0 Å². The van der Waals surface area contributed by atoms with Crippen LogP contribution in [0.4, 0.5) is 24.5 Å². The van der Waals surface area contributed by atoms with Crippen LogP contribution in [-0.4, -0.2) is 21.9 Å². The monoisotopic (exact) mass is 501 g/mol. The molecule has 0 aliphatic heterocycles. The van der Waals surface area contributed by atoms with Crippen molar-refractivity contribution in [3.63, 3.8) is 0 Å². The summed E-state index contributed by atoms with van der Waals surface area (Å²) < 4.78 is 47.2. The first-order chi connectivity index (χ1) is 17.1. The second-order valence-electron chi connectivity index (χ2n) is 8.74. The molecule has 1 saturated carbocycles. The van der Waals surface area contributed by atoms with Crippen LogP contribution in [0.25, 0.3) is 0 Å². The lowest BCUT2D eigenvalue weighted by Crippen LogP contribution is -2.28. The van der Waals surface area contributed by atoms with Crippen molar-refractivity contribution in [2.24, 2.45) is 11.8 Å². The van der Waals surface area contributed by atoms with Gasteiger partial charge in [-0.15, -0.1) is 0 Å². The number of nitrogens with two attached hydrogens (primary N) is 1. The van der Waals surface area contributed by atoms with E-state index >= 15 is 0 Å². The van der Waals surface area contributed by atoms with Gasteiger partial charge in [0.15, 0.2) is 23.2 Å². The second kappa shape index (κ2) is 10.2. The molecule has 0 radical (unpaired) electrons. The average Bonchev–Trinajstić information content (AvgIpc) is 3.66. The number of anilines is 1. The molecule has 3 aromatic rings. The van der Waals surface area contributed by atoms with Crippen LogP contribution in [0.5, 0.6) is 5.75 Å². The van der Waals surface area contributed by atoms with Gasteiger partial charge >= 0.3 is 0 Å². The average molecular weight is 501 g/mol. The summed E-state index contributed by atoms with van der Waals surface area (Å²) in [6, 6.07) is 8.48. The SMILES string of the molecule is Nc1cc(OC[C@H](CC(=O)c2cccn(Cc3cc(F)c(F)c(F)c3)c2=O)C2CC2)ccc1[N+](=O)[O-]. The number of hydrogen-bond donors (Lipinski definition) is 1. The lowest BCUT2D eigenvalue weighted by atomic mass is 9.95. The molecule has 0 unspecified atom stereocenters. The quantitative estimate of drug-likeness (QED) is 0.144. The number of rotatable bonds is 10. The predicted molar refractivity (Wildman–Crippen MR) is 124 cm³/mol. The highest BCUT2D eigenvalue weighted by Crippen LogP contribution is 2.39. The zero-order chi connectivity index (χ0) is 26.0. The maximum absolute atomic E-state index is 13.5. The fraction of sp³-hybridized carbons (Fsp3) is 0.280. The van der Waals surface area contributed by atoms with E-state index in [4.69, 9.17) is 10.5 Å². The molecule has 0 saturated heterocycles. The van der Waals surface area contributed by atoms with E-state index in [0.29, 0.717) is 5.75 Å². The third-order valence-electron chi connectivity index (χ3n) is 6.11. The minimum atomic E-state index is -1.60. The van der Waals surface area contributed by atoms with Crippen molar-refractivity contribution < 1.29 is 27.6 Å². The maximum atomic E-state index is 13.5. The number of Topliss-reactive ketones (excluding diaryl/α,β-unsaturated/α-hetero) is 1. The fourth-order valence-corrected chi connectivity index (χ4v) is 4.04. The Balaban J connectivity index is 1.46. The van der Waals surface area contributed by atoms with Crippen molar-refractivity contribution in [3.05, 3.63) is 97.7 Å². The van der Waals surface area contributed by atoms with Crippen molar-refractivity contribution in [2.45, 2.75) is 25.8 Å². The Morgan fingerprint density at radius 1 is 1.17 bits per heavy atom. The number of ketones is 1. The first-order valence-electron chi connectivity index (χ1n) is 11.2. The van der Waals surface area contributed by atoms with Gasteiger partial charge in [0.1, 0.15) is 11.4 Å². The summed E-state index contributed by atoms with van der Waals surface area (Å²) in [5, 5.41) is 10.9. The van der Waals surface area contributed by atoms with Crippen LogP contribution in [-0.2, 0) is 6.54 Å². The molecule has 1 heterocycles. The van der Waals surface area contributed by atoms with Crippen LogP contribution in [0.15, 0.2) is 53.5 Å². The Morgan fingerprint density at radius 2 is 1.86 bits per heavy atom. The van der Waals surface area contributed by atoms with Gasteiger partial charge in [-0.1, -0.05) is 0 Å². The number of nitrogen functional groups attached to an aromatic ring is 1. The van der Waals surface area contributed by atoms with E-state index in [0.717, 1.165) is 29.5 Å². The molecule has 188 valence electrons. The van der Waals surface area contributed by atoms with Gasteiger partial charge in [-0.25, -0.2) is 13.2 Å². The summed E-state index contributed by atoms with van der Waals surface area (Å²) in [5.41, 5.74) is 4.74. The van der Waals surface area contributed by atoms with Gasteiger partial charge in [0, 0.05) is 30.7 Å². The highest BCUT2D eigenvalue weighted by molar-refractivity contribution is 5.95.